The van der Waals surface area contributed by atoms with Gasteiger partial charge in [-0.15, -0.1) is 0 Å². The third-order valence-electron chi connectivity index (χ3n) is 8.06. The van der Waals surface area contributed by atoms with Crippen LogP contribution in [0.25, 0.3) is 0 Å². The molecule has 0 aromatic heterocycles. The summed E-state index contributed by atoms with van der Waals surface area (Å²) in [6, 6.07) is 19.7. The number of nitrogens with one attached hydrogen (secondary N) is 2. The molecule has 0 spiro atoms. The monoisotopic (exact) mass is 431 g/mol. The summed E-state index contributed by atoms with van der Waals surface area (Å²) in [6.07, 6.45) is 1.91. The molecule has 4 aliphatic rings. The number of aryl methyl sites for hydroxylation is 1. The zero-order valence-corrected chi connectivity index (χ0v) is 19.7. The van der Waals surface area contributed by atoms with Gasteiger partial charge < -0.3 is 10.6 Å². The largest absolute Gasteiger partial charge is 0.350 e. The van der Waals surface area contributed by atoms with E-state index in [9.17, 15) is 4.79 Å². The molecule has 1 amide bonds. The molecular weight excluding hydrogens is 394 g/mol. The summed E-state index contributed by atoms with van der Waals surface area (Å²) in [7, 11) is 0. The van der Waals surface area contributed by atoms with Gasteiger partial charge >= 0.3 is 0 Å². The molecule has 6 rings (SSSR count). The van der Waals surface area contributed by atoms with Gasteiger partial charge in [-0.3, -0.25) is 9.69 Å². The highest BCUT2D eigenvalue weighted by Gasteiger charge is 2.64. The van der Waals surface area contributed by atoms with Crippen molar-refractivity contribution in [3.8, 4) is 0 Å². The fraction of sp³-hybridized carbons (Fsp3) is 0.536. The minimum atomic E-state index is -0.477. The van der Waals surface area contributed by atoms with Crippen LogP contribution in [0.5, 0.6) is 0 Å². The topological polar surface area (TPSA) is 44.4 Å². The van der Waals surface area contributed by atoms with Crippen LogP contribution in [0, 0.1) is 30.6 Å². The van der Waals surface area contributed by atoms with E-state index in [1.54, 1.807) is 0 Å². The summed E-state index contributed by atoms with van der Waals surface area (Å²) in [6.45, 7) is 10.6. The second kappa shape index (κ2) is 8.64. The average Bonchev–Trinajstić information content (AvgIpc) is 3.07. The van der Waals surface area contributed by atoms with E-state index in [4.69, 9.17) is 0 Å². The lowest BCUT2D eigenvalue weighted by Crippen LogP contribution is -2.74. The number of benzene rings is 2. The first-order valence-electron chi connectivity index (χ1n) is 12.3. The molecule has 2 aromatic rings. The minimum absolute atomic E-state index is 0.194. The first kappa shape index (κ1) is 21.7. The second-order valence-electron chi connectivity index (χ2n) is 10.8. The van der Waals surface area contributed by atoms with Gasteiger partial charge in [0.25, 0.3) is 0 Å². The molecule has 4 bridgehead atoms. The fourth-order valence-electron chi connectivity index (χ4n) is 6.86. The van der Waals surface area contributed by atoms with Crippen LogP contribution in [0.4, 0.5) is 0 Å². The van der Waals surface area contributed by atoms with Crippen LogP contribution in [0.2, 0.25) is 0 Å². The number of amides is 1. The summed E-state index contributed by atoms with van der Waals surface area (Å²) >= 11 is 0. The Morgan fingerprint density at radius 1 is 1.16 bits per heavy atom. The van der Waals surface area contributed by atoms with Gasteiger partial charge in [0.05, 0.1) is 0 Å². The number of carbonyl (C=O) groups is 1. The molecule has 5 atom stereocenters. The van der Waals surface area contributed by atoms with E-state index < -0.39 is 5.54 Å². The lowest BCUT2D eigenvalue weighted by Gasteiger charge is -2.56. The molecule has 3 heterocycles. The predicted octanol–water partition coefficient (Wildman–Crippen LogP) is 3.79. The van der Waals surface area contributed by atoms with E-state index in [2.05, 4.69) is 90.9 Å². The Hall–Kier alpha value is -2.17. The Morgan fingerprint density at radius 3 is 2.69 bits per heavy atom. The van der Waals surface area contributed by atoms with Crippen molar-refractivity contribution in [3.05, 3.63) is 71.3 Å². The molecule has 32 heavy (non-hydrogen) atoms. The third kappa shape index (κ3) is 3.88. The molecule has 170 valence electrons. The van der Waals surface area contributed by atoms with Gasteiger partial charge in [-0.25, -0.2) is 0 Å². The van der Waals surface area contributed by atoms with Gasteiger partial charge in [0.1, 0.15) is 5.54 Å². The van der Waals surface area contributed by atoms with Crippen LogP contribution < -0.4 is 10.6 Å². The SMILES string of the molecule is Cc1cccc(CNC(=O)[C@@]23C[C@@H]4CN(CC(C)C)[C@H]([C@@H]4CN2)[C@@H]3Cc2ccccc2)c1. The maximum absolute atomic E-state index is 13.9. The van der Waals surface area contributed by atoms with Gasteiger partial charge in [0.2, 0.25) is 5.91 Å². The average molecular weight is 432 g/mol. The Balaban J connectivity index is 1.43. The maximum Gasteiger partial charge on any atom is 0.240 e. The van der Waals surface area contributed by atoms with Crippen molar-refractivity contribution >= 4 is 5.91 Å². The molecule has 2 N–H and O–H groups in total. The van der Waals surface area contributed by atoms with Crippen LogP contribution in [0.1, 0.15) is 37.0 Å². The van der Waals surface area contributed by atoms with E-state index in [1.165, 1.54) is 16.7 Å². The number of fused-ring (bicyclic) bond motifs is 1. The van der Waals surface area contributed by atoms with Crippen molar-refractivity contribution in [2.45, 2.75) is 51.7 Å². The van der Waals surface area contributed by atoms with Gasteiger partial charge in [0, 0.05) is 38.1 Å². The molecule has 0 unspecified atom stereocenters. The summed E-state index contributed by atoms with van der Waals surface area (Å²) in [5.74, 6) is 2.41. The molecule has 3 aliphatic heterocycles. The zero-order valence-electron chi connectivity index (χ0n) is 19.7. The van der Waals surface area contributed by atoms with E-state index in [1.807, 2.05) is 0 Å². The molecule has 0 radical (unpaired) electrons. The summed E-state index contributed by atoms with van der Waals surface area (Å²) in [5, 5.41) is 7.12. The number of rotatable bonds is 7. The number of piperidine rings is 2. The predicted molar refractivity (Wildman–Crippen MR) is 129 cm³/mol. The van der Waals surface area contributed by atoms with Crippen LogP contribution in [0.3, 0.4) is 0 Å². The first-order chi connectivity index (χ1) is 15.5. The Bertz CT molecular complexity index is 958. The van der Waals surface area contributed by atoms with Gasteiger partial charge in [-0.05, 0) is 48.6 Å². The molecule has 4 nitrogen and oxygen atoms in total. The second-order valence-corrected chi connectivity index (χ2v) is 10.8. The Kier molecular flexibility index (Phi) is 5.85. The summed E-state index contributed by atoms with van der Waals surface area (Å²) in [4.78, 5) is 16.6. The highest BCUT2D eigenvalue weighted by molar-refractivity contribution is 5.87. The van der Waals surface area contributed by atoms with Gasteiger partial charge in [-0.1, -0.05) is 74.0 Å². The van der Waals surface area contributed by atoms with Crippen molar-refractivity contribution in [1.82, 2.24) is 15.5 Å². The van der Waals surface area contributed by atoms with E-state index in [-0.39, 0.29) is 5.91 Å². The quantitative estimate of drug-likeness (QED) is 0.701. The maximum atomic E-state index is 13.9. The highest BCUT2D eigenvalue weighted by atomic mass is 16.2. The Morgan fingerprint density at radius 2 is 1.94 bits per heavy atom. The molecular formula is C28H37N3O. The van der Waals surface area contributed by atoms with E-state index in [0.717, 1.165) is 32.5 Å². The number of nitrogens with zero attached hydrogens (tertiary/aromatic N) is 1. The number of hydrogen-bond donors (Lipinski definition) is 2. The number of carbonyl (C=O) groups excluding carboxylic acids is 1. The summed E-state index contributed by atoms with van der Waals surface area (Å²) in [5.41, 5.74) is 3.26. The van der Waals surface area contributed by atoms with Gasteiger partial charge in [0.15, 0.2) is 0 Å². The van der Waals surface area contributed by atoms with Crippen molar-refractivity contribution in [2.24, 2.45) is 23.7 Å². The fourth-order valence-corrected chi connectivity index (χ4v) is 6.86. The van der Waals surface area contributed by atoms with Crippen LogP contribution in [-0.4, -0.2) is 42.0 Å². The van der Waals surface area contributed by atoms with Crippen LogP contribution in [-0.2, 0) is 17.8 Å². The third-order valence-corrected chi connectivity index (χ3v) is 8.06. The summed E-state index contributed by atoms with van der Waals surface area (Å²) < 4.78 is 0. The molecule has 1 saturated carbocycles. The number of likely N-dealkylation sites (tertiary alicyclic amines) is 1. The van der Waals surface area contributed by atoms with E-state index >= 15 is 0 Å². The molecule has 3 saturated heterocycles. The zero-order chi connectivity index (χ0) is 22.3. The van der Waals surface area contributed by atoms with Gasteiger partial charge in [-0.2, -0.15) is 0 Å². The molecule has 1 aliphatic carbocycles. The van der Waals surface area contributed by atoms with Crippen molar-refractivity contribution in [3.63, 3.8) is 0 Å². The van der Waals surface area contributed by atoms with Crippen molar-refractivity contribution in [2.75, 3.05) is 19.6 Å². The smallest absolute Gasteiger partial charge is 0.240 e. The van der Waals surface area contributed by atoms with Crippen LogP contribution >= 0.6 is 0 Å². The van der Waals surface area contributed by atoms with Crippen molar-refractivity contribution in [1.29, 1.82) is 0 Å². The highest BCUT2D eigenvalue weighted by Crippen LogP contribution is 2.53. The Labute approximate surface area is 192 Å². The molecule has 4 heteroatoms. The minimum Gasteiger partial charge on any atom is -0.350 e. The lowest BCUT2D eigenvalue weighted by atomic mass is 9.58. The molecule has 4 fully saturated rings. The first-order valence-corrected chi connectivity index (χ1v) is 12.3. The number of hydrogen-bond acceptors (Lipinski definition) is 3. The standard InChI is InChI=1S/C28H37N3O/c1-19(2)17-31-18-23-14-28(27(32)29-15-22-11-7-8-20(3)12-22)25(26(31)24(23)16-30-28)13-21-9-5-4-6-10-21/h4-12,19,23-26,30H,13-18H2,1-3H3,(H,29,32)/t23-,24-,25+,26-,28+/m1/s1. The lowest BCUT2D eigenvalue weighted by molar-refractivity contribution is -0.138. The van der Waals surface area contributed by atoms with Crippen molar-refractivity contribution < 1.29 is 4.79 Å². The normalized spacial score (nSPS) is 31.2. The molecule has 2 aromatic carbocycles. The van der Waals surface area contributed by atoms with E-state index in [0.29, 0.717) is 36.3 Å². The van der Waals surface area contributed by atoms with Crippen LogP contribution in [0.15, 0.2) is 54.6 Å².